The van der Waals surface area contributed by atoms with Gasteiger partial charge in [-0.2, -0.15) is 0 Å². The van der Waals surface area contributed by atoms with E-state index in [1.54, 1.807) is 0 Å². The summed E-state index contributed by atoms with van der Waals surface area (Å²) in [5, 5.41) is 11.1. The van der Waals surface area contributed by atoms with Crippen LogP contribution in [-0.4, -0.2) is 16.6 Å². The molecule has 5 nitrogen and oxygen atoms in total. The van der Waals surface area contributed by atoms with Crippen LogP contribution in [0.1, 0.15) is 27.8 Å². The maximum atomic E-state index is 6.56. The van der Waals surface area contributed by atoms with Crippen LogP contribution < -0.4 is 0 Å². The molecule has 68 heavy (non-hydrogen) atoms. The van der Waals surface area contributed by atoms with E-state index in [1.807, 2.05) is 48.7 Å². The molecular formula is C63H41N3O2. The summed E-state index contributed by atoms with van der Waals surface area (Å²) in [5.41, 5.74) is 14.0. The molecular weight excluding hydrogens is 831 g/mol. The number of fused-ring (bicyclic) bond motifs is 12. The van der Waals surface area contributed by atoms with Crippen molar-refractivity contribution in [2.75, 3.05) is 0 Å². The van der Waals surface area contributed by atoms with Crippen molar-refractivity contribution in [1.82, 2.24) is 4.57 Å². The number of benzene rings is 10. The minimum Gasteiger partial charge on any atom is -0.456 e. The van der Waals surface area contributed by atoms with Crippen molar-refractivity contribution in [2.45, 2.75) is 6.54 Å². The summed E-state index contributed by atoms with van der Waals surface area (Å²) in [5.74, 6) is 0.636. The fourth-order valence-corrected chi connectivity index (χ4v) is 10.4. The lowest BCUT2D eigenvalue weighted by molar-refractivity contribution is 0.668. The molecule has 0 aliphatic rings. The third-order valence-electron chi connectivity index (χ3n) is 13.5. The average molecular weight is 872 g/mol. The summed E-state index contributed by atoms with van der Waals surface area (Å²) < 4.78 is 15.5. The van der Waals surface area contributed by atoms with Crippen molar-refractivity contribution in [3.63, 3.8) is 0 Å². The minimum atomic E-state index is 0.482. The zero-order valence-electron chi connectivity index (χ0n) is 37.0. The van der Waals surface area contributed by atoms with Crippen LogP contribution in [0.15, 0.2) is 226 Å². The van der Waals surface area contributed by atoms with E-state index in [0.29, 0.717) is 12.4 Å². The molecule has 0 saturated carbocycles. The van der Waals surface area contributed by atoms with Crippen LogP contribution >= 0.6 is 0 Å². The standard InChI is InChI=1S/C63H41N3O2/c1-3-44-45(4-2)49-31-28-41(35-52(49)48-20-9-8-19-47(44)48)63(64-37-39-16-6-5-7-17-39)65-38-42-18-14-26-59-61(42)53-34-40(29-32-57(53)67-59)46-23-15-27-60-62(46)54-36-43(30-33-58(54)68-60)66-55-24-12-10-21-50(55)51-22-11-13-25-56(51)66/h3-36,38H,1-2,37H2. The number of furan rings is 2. The maximum Gasteiger partial charge on any atom is 0.154 e. The molecule has 0 spiro atoms. The number of rotatable bonds is 8. The van der Waals surface area contributed by atoms with Gasteiger partial charge in [-0.3, -0.25) is 4.99 Å². The van der Waals surface area contributed by atoms with Gasteiger partial charge in [0.2, 0.25) is 0 Å². The Kier molecular flexibility index (Phi) is 9.15. The van der Waals surface area contributed by atoms with Gasteiger partial charge in [-0.05, 0) is 110 Å². The van der Waals surface area contributed by atoms with E-state index >= 15 is 0 Å². The van der Waals surface area contributed by atoms with Crippen molar-refractivity contribution in [2.24, 2.45) is 9.98 Å². The van der Waals surface area contributed by atoms with Crippen LogP contribution in [0, 0.1) is 0 Å². The fraction of sp³-hybridized carbons (Fsp3) is 0.0159. The summed E-state index contributed by atoms with van der Waals surface area (Å²) in [6.45, 7) is 8.83. The number of hydrogen-bond donors (Lipinski definition) is 0. The molecule has 0 amide bonds. The maximum absolute atomic E-state index is 6.56. The Balaban J connectivity index is 0.946. The van der Waals surface area contributed by atoms with E-state index < -0.39 is 0 Å². The Morgan fingerprint density at radius 1 is 0.471 bits per heavy atom. The molecule has 3 aromatic heterocycles. The van der Waals surface area contributed by atoms with E-state index in [4.69, 9.17) is 18.8 Å². The number of nitrogens with zero attached hydrogens (tertiary/aromatic N) is 3. The highest BCUT2D eigenvalue weighted by Crippen LogP contribution is 2.42. The Bertz CT molecular complexity index is 4220. The van der Waals surface area contributed by atoms with Gasteiger partial charge in [-0.25, -0.2) is 4.99 Å². The van der Waals surface area contributed by atoms with Gasteiger partial charge in [-0.1, -0.05) is 159 Å². The Hall–Kier alpha value is -9.06. The Morgan fingerprint density at radius 2 is 1.09 bits per heavy atom. The second-order valence-corrected chi connectivity index (χ2v) is 17.3. The highest BCUT2D eigenvalue weighted by atomic mass is 16.3. The van der Waals surface area contributed by atoms with Gasteiger partial charge in [0.15, 0.2) is 5.84 Å². The predicted octanol–water partition coefficient (Wildman–Crippen LogP) is 16.9. The minimum absolute atomic E-state index is 0.482. The molecule has 13 aromatic rings. The molecule has 13 rings (SSSR count). The molecule has 0 radical (unpaired) electrons. The molecule has 10 aromatic carbocycles. The average Bonchev–Trinajstić information content (AvgIpc) is 4.08. The summed E-state index contributed by atoms with van der Waals surface area (Å²) in [7, 11) is 0. The van der Waals surface area contributed by atoms with Gasteiger partial charge < -0.3 is 13.4 Å². The normalized spacial score (nSPS) is 12.3. The van der Waals surface area contributed by atoms with Crippen LogP contribution in [0.2, 0.25) is 0 Å². The number of aromatic nitrogens is 1. The number of amidine groups is 1. The molecule has 3 heterocycles. The van der Waals surface area contributed by atoms with Crippen molar-refractivity contribution >= 4 is 111 Å². The molecule has 0 aliphatic carbocycles. The Labute approximate surface area is 391 Å². The second kappa shape index (κ2) is 15.8. The van der Waals surface area contributed by atoms with E-state index in [2.05, 4.69) is 182 Å². The van der Waals surface area contributed by atoms with Crippen LogP contribution in [0.5, 0.6) is 0 Å². The molecule has 320 valence electrons. The molecule has 0 atom stereocenters. The lowest BCUT2D eigenvalue weighted by Crippen LogP contribution is -2.01. The SMILES string of the molecule is C=Cc1c(C=C)c2ccc(C(N=Cc3cccc4oc5ccc(-c6cccc7oc8ccc(-n9c%10ccccc%10c%10ccccc%109)cc8c67)cc5c34)=NCc3ccccc3)cc2c2ccccc12. The predicted molar refractivity (Wildman–Crippen MR) is 287 cm³/mol. The molecule has 0 bridgehead atoms. The number of para-hydroxylation sites is 2. The third kappa shape index (κ3) is 6.24. The Morgan fingerprint density at radius 3 is 1.82 bits per heavy atom. The van der Waals surface area contributed by atoms with Gasteiger partial charge in [0.1, 0.15) is 22.3 Å². The van der Waals surface area contributed by atoms with Gasteiger partial charge in [0.05, 0.1) is 17.6 Å². The summed E-state index contributed by atoms with van der Waals surface area (Å²) >= 11 is 0. The lowest BCUT2D eigenvalue weighted by Gasteiger charge is -2.14. The van der Waals surface area contributed by atoms with E-state index in [0.717, 1.165) is 110 Å². The topological polar surface area (TPSA) is 55.9 Å². The highest BCUT2D eigenvalue weighted by molar-refractivity contribution is 6.20. The van der Waals surface area contributed by atoms with Crippen molar-refractivity contribution in [3.05, 3.63) is 235 Å². The summed E-state index contributed by atoms with van der Waals surface area (Å²) in [6, 6.07) is 68.0. The van der Waals surface area contributed by atoms with Crippen LogP contribution in [0.4, 0.5) is 0 Å². The molecule has 0 fully saturated rings. The lowest BCUT2D eigenvalue weighted by atomic mass is 9.90. The first-order chi connectivity index (χ1) is 33.6. The van der Waals surface area contributed by atoms with E-state index in [9.17, 15) is 0 Å². The first-order valence-corrected chi connectivity index (χ1v) is 22.9. The van der Waals surface area contributed by atoms with Crippen LogP contribution in [0.25, 0.3) is 116 Å². The first-order valence-electron chi connectivity index (χ1n) is 22.9. The van der Waals surface area contributed by atoms with Crippen LogP contribution in [0.3, 0.4) is 0 Å². The summed E-state index contributed by atoms with van der Waals surface area (Å²) in [6.07, 6.45) is 5.79. The van der Waals surface area contributed by atoms with Crippen molar-refractivity contribution < 1.29 is 8.83 Å². The monoisotopic (exact) mass is 871 g/mol. The molecule has 5 heteroatoms. The van der Waals surface area contributed by atoms with Crippen LogP contribution in [-0.2, 0) is 6.54 Å². The molecule has 0 saturated heterocycles. The molecule has 0 unspecified atom stereocenters. The van der Waals surface area contributed by atoms with Gasteiger partial charge in [0, 0.05) is 55.3 Å². The largest absolute Gasteiger partial charge is 0.456 e. The molecule has 0 aliphatic heterocycles. The van der Waals surface area contributed by atoms with Gasteiger partial charge in [-0.15, -0.1) is 0 Å². The van der Waals surface area contributed by atoms with Gasteiger partial charge >= 0.3 is 0 Å². The van der Waals surface area contributed by atoms with Crippen molar-refractivity contribution in [3.8, 4) is 16.8 Å². The first kappa shape index (κ1) is 39.3. The van der Waals surface area contributed by atoms with E-state index in [-0.39, 0.29) is 0 Å². The van der Waals surface area contributed by atoms with E-state index in [1.165, 1.54) is 21.8 Å². The quantitative estimate of drug-likeness (QED) is 0.0868. The zero-order valence-corrected chi connectivity index (χ0v) is 37.0. The fourth-order valence-electron chi connectivity index (χ4n) is 10.4. The summed E-state index contributed by atoms with van der Waals surface area (Å²) in [4.78, 5) is 10.4. The zero-order chi connectivity index (χ0) is 45.3. The third-order valence-corrected chi connectivity index (χ3v) is 13.5. The highest BCUT2D eigenvalue weighted by Gasteiger charge is 2.19. The van der Waals surface area contributed by atoms with Gasteiger partial charge in [0.25, 0.3) is 0 Å². The van der Waals surface area contributed by atoms with Crippen molar-refractivity contribution in [1.29, 1.82) is 0 Å². The number of hydrogen-bond acceptors (Lipinski definition) is 3. The number of aliphatic imine (C=N–C) groups is 2. The smallest absolute Gasteiger partial charge is 0.154 e. The molecule has 0 N–H and O–H groups in total. The second-order valence-electron chi connectivity index (χ2n) is 17.3.